The highest BCUT2D eigenvalue weighted by Gasteiger charge is 2.40. The van der Waals surface area contributed by atoms with E-state index in [0.29, 0.717) is 30.2 Å². The highest BCUT2D eigenvalue weighted by molar-refractivity contribution is 7.89. The number of benzene rings is 1. The molecule has 1 fully saturated rings. The van der Waals surface area contributed by atoms with Crippen molar-refractivity contribution in [2.75, 3.05) is 18.9 Å². The Morgan fingerprint density at radius 1 is 1.16 bits per heavy atom. The summed E-state index contributed by atoms with van der Waals surface area (Å²) in [6.45, 7) is 2.70. The predicted octanol–water partition coefficient (Wildman–Crippen LogP) is 1.93. The van der Waals surface area contributed by atoms with Crippen LogP contribution in [0.5, 0.6) is 0 Å². The zero-order valence-electron chi connectivity index (χ0n) is 17.8. The summed E-state index contributed by atoms with van der Waals surface area (Å²) < 4.78 is 31.8. The Balaban J connectivity index is 1.71. The molecule has 0 saturated heterocycles. The van der Waals surface area contributed by atoms with Crippen LogP contribution in [0.1, 0.15) is 50.7 Å². The van der Waals surface area contributed by atoms with Crippen molar-refractivity contribution >= 4 is 27.5 Å². The Labute approximate surface area is 181 Å². The first kappa shape index (κ1) is 22.9. The molecule has 1 heterocycles. The third-order valence-corrected chi connectivity index (χ3v) is 7.11. The van der Waals surface area contributed by atoms with Crippen LogP contribution in [0, 0.1) is 6.92 Å². The summed E-state index contributed by atoms with van der Waals surface area (Å²) in [6.07, 6.45) is 4.19. The topological polar surface area (TPSA) is 134 Å². The van der Waals surface area contributed by atoms with Crippen LogP contribution >= 0.6 is 0 Å². The number of nitrogens with zero attached hydrogens (tertiary/aromatic N) is 3. The zero-order valence-corrected chi connectivity index (χ0v) is 18.7. The maximum Gasteiger partial charge on any atom is 0.243 e. The van der Waals surface area contributed by atoms with Crippen LogP contribution in [0.25, 0.3) is 0 Å². The highest BCUT2D eigenvalue weighted by atomic mass is 32.2. The highest BCUT2D eigenvalue weighted by Crippen LogP contribution is 2.35. The fourth-order valence-electron chi connectivity index (χ4n) is 3.74. The average Bonchev–Trinajstić information content (AvgIpc) is 3.15. The average molecular weight is 450 g/mol. The summed E-state index contributed by atoms with van der Waals surface area (Å²) in [4.78, 5) is 28.3. The SMILES string of the molecule is CC(=O)Nc1ccc(S(=O)(=O)N(C)CC(=O)NC2(c3noc(C)n3)CCCCC2)cc1. The van der Waals surface area contributed by atoms with Crippen molar-refractivity contribution in [2.24, 2.45) is 0 Å². The standard InChI is InChI=1S/C20H27N5O5S/c1-14(26)21-16-7-9-17(10-8-16)31(28,29)25(3)13-18(27)23-20(11-5-4-6-12-20)19-22-15(2)30-24-19/h7-10H,4-6,11-13H2,1-3H3,(H,21,26)(H,23,27). The van der Waals surface area contributed by atoms with E-state index in [1.807, 2.05) is 0 Å². The largest absolute Gasteiger partial charge is 0.342 e. The van der Waals surface area contributed by atoms with Crippen LogP contribution in [0.4, 0.5) is 5.69 Å². The molecule has 10 nitrogen and oxygen atoms in total. The Hall–Kier alpha value is -2.79. The second-order valence-electron chi connectivity index (χ2n) is 7.79. The fraction of sp³-hybridized carbons (Fsp3) is 0.500. The molecule has 2 N–H and O–H groups in total. The van der Waals surface area contributed by atoms with E-state index in [9.17, 15) is 18.0 Å². The van der Waals surface area contributed by atoms with Crippen molar-refractivity contribution in [1.29, 1.82) is 0 Å². The van der Waals surface area contributed by atoms with E-state index in [4.69, 9.17) is 4.52 Å². The third-order valence-electron chi connectivity index (χ3n) is 5.29. The molecule has 11 heteroatoms. The van der Waals surface area contributed by atoms with Gasteiger partial charge in [-0.1, -0.05) is 24.4 Å². The van der Waals surface area contributed by atoms with Gasteiger partial charge in [0.25, 0.3) is 0 Å². The van der Waals surface area contributed by atoms with Gasteiger partial charge in [0.05, 0.1) is 11.4 Å². The van der Waals surface area contributed by atoms with E-state index in [1.165, 1.54) is 38.2 Å². The van der Waals surface area contributed by atoms with Gasteiger partial charge in [-0.05, 0) is 37.1 Å². The summed E-state index contributed by atoms with van der Waals surface area (Å²) in [7, 11) is -2.54. The number of sulfonamides is 1. The molecular weight excluding hydrogens is 422 g/mol. The van der Waals surface area contributed by atoms with Crippen LogP contribution in [0.2, 0.25) is 0 Å². The molecule has 0 bridgehead atoms. The lowest BCUT2D eigenvalue weighted by atomic mass is 9.81. The smallest absolute Gasteiger partial charge is 0.243 e. The molecule has 2 aromatic rings. The maximum atomic E-state index is 12.9. The molecule has 1 aliphatic rings. The summed E-state index contributed by atoms with van der Waals surface area (Å²) in [5.74, 6) is 0.150. The number of anilines is 1. The van der Waals surface area contributed by atoms with Gasteiger partial charge in [0, 0.05) is 26.6 Å². The Bertz CT molecular complexity index is 1040. The Morgan fingerprint density at radius 3 is 2.35 bits per heavy atom. The first-order valence-electron chi connectivity index (χ1n) is 10.1. The molecule has 0 radical (unpaired) electrons. The molecule has 3 rings (SSSR count). The van der Waals surface area contributed by atoms with Gasteiger partial charge >= 0.3 is 0 Å². The van der Waals surface area contributed by atoms with Crippen molar-refractivity contribution in [1.82, 2.24) is 19.8 Å². The van der Waals surface area contributed by atoms with E-state index in [-0.39, 0.29) is 17.3 Å². The molecule has 1 aliphatic carbocycles. The minimum Gasteiger partial charge on any atom is -0.342 e. The van der Waals surface area contributed by atoms with Crippen molar-refractivity contribution in [3.63, 3.8) is 0 Å². The molecule has 0 spiro atoms. The molecular formula is C20H27N5O5S. The minimum absolute atomic E-state index is 0.0260. The molecule has 168 valence electrons. The van der Waals surface area contributed by atoms with E-state index >= 15 is 0 Å². The third kappa shape index (κ3) is 5.28. The van der Waals surface area contributed by atoms with Gasteiger partial charge in [0.2, 0.25) is 27.7 Å². The number of nitrogens with one attached hydrogen (secondary N) is 2. The normalized spacial score (nSPS) is 16.1. The number of hydrogen-bond donors (Lipinski definition) is 2. The van der Waals surface area contributed by atoms with Gasteiger partial charge in [-0.3, -0.25) is 9.59 Å². The number of aryl methyl sites for hydroxylation is 1. The van der Waals surface area contributed by atoms with Crippen molar-refractivity contribution < 1.29 is 22.5 Å². The van der Waals surface area contributed by atoms with Crippen LogP contribution in [0.15, 0.2) is 33.7 Å². The van der Waals surface area contributed by atoms with E-state index in [1.54, 1.807) is 6.92 Å². The number of carbonyl (C=O) groups excluding carboxylic acids is 2. The number of amides is 2. The summed E-state index contributed by atoms with van der Waals surface area (Å²) in [5.41, 5.74) is -0.265. The molecule has 31 heavy (non-hydrogen) atoms. The molecule has 0 aliphatic heterocycles. The fourth-order valence-corrected chi connectivity index (χ4v) is 4.87. The Morgan fingerprint density at radius 2 is 1.81 bits per heavy atom. The van der Waals surface area contributed by atoms with E-state index < -0.39 is 21.5 Å². The number of likely N-dealkylation sites (N-methyl/N-ethyl adjacent to an activating group) is 1. The van der Waals surface area contributed by atoms with Crippen LogP contribution in [-0.2, 0) is 25.2 Å². The quantitative estimate of drug-likeness (QED) is 0.659. The van der Waals surface area contributed by atoms with Gasteiger partial charge in [0.1, 0.15) is 5.54 Å². The summed E-state index contributed by atoms with van der Waals surface area (Å²) in [5, 5.41) is 9.56. The van der Waals surface area contributed by atoms with Gasteiger partial charge < -0.3 is 15.2 Å². The lowest BCUT2D eigenvalue weighted by Gasteiger charge is -2.35. The number of carbonyl (C=O) groups is 2. The second-order valence-corrected chi connectivity index (χ2v) is 9.84. The number of hydrogen-bond acceptors (Lipinski definition) is 7. The summed E-state index contributed by atoms with van der Waals surface area (Å²) in [6, 6.07) is 5.77. The molecule has 0 atom stereocenters. The Kier molecular flexibility index (Phi) is 6.75. The number of rotatable bonds is 7. The molecule has 1 saturated carbocycles. The first-order valence-corrected chi connectivity index (χ1v) is 11.5. The lowest BCUT2D eigenvalue weighted by molar-refractivity contribution is -0.123. The monoisotopic (exact) mass is 449 g/mol. The molecule has 1 aromatic heterocycles. The first-order chi connectivity index (χ1) is 14.6. The maximum absolute atomic E-state index is 12.9. The molecule has 0 unspecified atom stereocenters. The molecule has 1 aromatic carbocycles. The van der Waals surface area contributed by atoms with Crippen molar-refractivity contribution in [2.45, 2.75) is 56.4 Å². The minimum atomic E-state index is -3.89. The lowest BCUT2D eigenvalue weighted by Crippen LogP contribution is -2.51. The van der Waals surface area contributed by atoms with E-state index in [2.05, 4.69) is 20.8 Å². The van der Waals surface area contributed by atoms with Gasteiger partial charge in [-0.25, -0.2) is 8.42 Å². The van der Waals surface area contributed by atoms with E-state index in [0.717, 1.165) is 23.6 Å². The second kappa shape index (κ2) is 9.15. The molecule has 2 amide bonds. The van der Waals surface area contributed by atoms with Crippen molar-refractivity contribution in [3.05, 3.63) is 36.0 Å². The van der Waals surface area contributed by atoms with Crippen LogP contribution < -0.4 is 10.6 Å². The number of aromatic nitrogens is 2. The predicted molar refractivity (Wildman–Crippen MR) is 113 cm³/mol. The van der Waals surface area contributed by atoms with Crippen molar-refractivity contribution in [3.8, 4) is 0 Å². The van der Waals surface area contributed by atoms with Gasteiger partial charge in [-0.2, -0.15) is 9.29 Å². The zero-order chi connectivity index (χ0) is 22.6. The van der Waals surface area contributed by atoms with Crippen LogP contribution in [-0.4, -0.2) is 48.3 Å². The summed E-state index contributed by atoms with van der Waals surface area (Å²) >= 11 is 0. The van der Waals surface area contributed by atoms with Gasteiger partial charge in [0.15, 0.2) is 5.82 Å². The van der Waals surface area contributed by atoms with Crippen LogP contribution in [0.3, 0.4) is 0 Å². The van der Waals surface area contributed by atoms with Gasteiger partial charge in [-0.15, -0.1) is 0 Å².